The van der Waals surface area contributed by atoms with Gasteiger partial charge in [0.25, 0.3) is 10.0 Å². The highest BCUT2D eigenvalue weighted by Gasteiger charge is 2.13. The fraction of sp³-hybridized carbons (Fsp3) is 0. The molecule has 1 aromatic heterocycles. The van der Waals surface area contributed by atoms with E-state index < -0.39 is 10.0 Å². The SMILES string of the molecule is O=S(=O)(NNc1cccc(Cl)n1)c1ccc(Br)cc1. The number of sulfonamides is 1. The summed E-state index contributed by atoms with van der Waals surface area (Å²) in [6, 6.07) is 11.1. The molecule has 0 radical (unpaired) electrons. The molecule has 2 rings (SSSR count). The molecule has 1 heterocycles. The van der Waals surface area contributed by atoms with Gasteiger partial charge in [0.2, 0.25) is 0 Å². The third-order valence-electron chi connectivity index (χ3n) is 2.15. The molecule has 5 nitrogen and oxygen atoms in total. The summed E-state index contributed by atoms with van der Waals surface area (Å²) in [5, 5.41) is 0.271. The lowest BCUT2D eigenvalue weighted by Crippen LogP contribution is -2.29. The minimum atomic E-state index is -3.65. The van der Waals surface area contributed by atoms with Gasteiger partial charge >= 0.3 is 0 Å². The zero-order valence-electron chi connectivity index (χ0n) is 9.47. The number of halogens is 2. The van der Waals surface area contributed by atoms with Crippen LogP contribution in [-0.4, -0.2) is 13.4 Å². The van der Waals surface area contributed by atoms with Crippen LogP contribution in [0.25, 0.3) is 0 Å². The summed E-state index contributed by atoms with van der Waals surface area (Å²) in [4.78, 5) is 6.27. The summed E-state index contributed by atoms with van der Waals surface area (Å²) in [5.74, 6) is 0.313. The molecule has 100 valence electrons. The summed E-state index contributed by atoms with van der Waals surface area (Å²) < 4.78 is 24.7. The smallest absolute Gasteiger partial charge is 0.257 e. The Morgan fingerprint density at radius 1 is 1.11 bits per heavy atom. The molecular formula is C11H9BrClN3O2S. The number of aromatic nitrogens is 1. The van der Waals surface area contributed by atoms with Gasteiger partial charge in [0, 0.05) is 4.47 Å². The predicted molar refractivity (Wildman–Crippen MR) is 77.3 cm³/mol. The second-order valence-electron chi connectivity index (χ2n) is 3.53. The van der Waals surface area contributed by atoms with Gasteiger partial charge in [-0.1, -0.05) is 33.6 Å². The van der Waals surface area contributed by atoms with Gasteiger partial charge in [-0.25, -0.2) is 13.4 Å². The first-order valence-corrected chi connectivity index (χ1v) is 7.79. The molecule has 0 atom stereocenters. The third kappa shape index (κ3) is 3.90. The minimum absolute atomic E-state index is 0.144. The molecule has 0 saturated heterocycles. The van der Waals surface area contributed by atoms with Gasteiger partial charge in [-0.2, -0.15) is 0 Å². The minimum Gasteiger partial charge on any atom is -0.292 e. The molecule has 0 saturated carbocycles. The number of benzene rings is 1. The van der Waals surface area contributed by atoms with Gasteiger partial charge in [0.05, 0.1) is 4.90 Å². The maximum Gasteiger partial charge on any atom is 0.257 e. The van der Waals surface area contributed by atoms with Gasteiger partial charge in [0.1, 0.15) is 11.0 Å². The average Bonchev–Trinajstić information content (AvgIpc) is 2.37. The van der Waals surface area contributed by atoms with Gasteiger partial charge in [-0.15, -0.1) is 4.83 Å². The van der Waals surface area contributed by atoms with E-state index in [9.17, 15) is 8.42 Å². The number of rotatable bonds is 4. The summed E-state index contributed by atoms with van der Waals surface area (Å²) in [6.45, 7) is 0. The van der Waals surface area contributed by atoms with Gasteiger partial charge in [-0.3, -0.25) is 5.43 Å². The maximum absolute atomic E-state index is 12.0. The molecule has 0 aliphatic carbocycles. The molecule has 0 amide bonds. The molecule has 1 aromatic carbocycles. The number of nitrogens with one attached hydrogen (secondary N) is 2. The normalized spacial score (nSPS) is 11.3. The van der Waals surface area contributed by atoms with E-state index >= 15 is 0 Å². The number of anilines is 1. The van der Waals surface area contributed by atoms with Gasteiger partial charge in [0.15, 0.2) is 0 Å². The lowest BCUT2D eigenvalue weighted by Gasteiger charge is -2.08. The molecule has 0 aliphatic heterocycles. The Labute approximate surface area is 124 Å². The average molecular weight is 363 g/mol. The predicted octanol–water partition coefficient (Wildman–Crippen LogP) is 2.80. The molecule has 8 heteroatoms. The van der Waals surface area contributed by atoms with E-state index in [1.54, 1.807) is 30.3 Å². The molecule has 0 aliphatic rings. The highest BCUT2D eigenvalue weighted by molar-refractivity contribution is 9.10. The van der Waals surface area contributed by atoms with Crippen molar-refractivity contribution in [2.45, 2.75) is 4.90 Å². The number of hydrogen-bond donors (Lipinski definition) is 2. The van der Waals surface area contributed by atoms with Crippen LogP contribution in [0.5, 0.6) is 0 Å². The molecule has 0 fully saturated rings. The molecule has 19 heavy (non-hydrogen) atoms. The van der Waals surface area contributed by atoms with Crippen molar-refractivity contribution in [1.29, 1.82) is 0 Å². The first-order valence-electron chi connectivity index (χ1n) is 5.13. The fourth-order valence-corrected chi connectivity index (χ4v) is 2.55. The van der Waals surface area contributed by atoms with Crippen molar-refractivity contribution in [3.05, 3.63) is 52.1 Å². The second-order valence-corrected chi connectivity index (χ2v) is 6.52. The van der Waals surface area contributed by atoms with E-state index in [1.165, 1.54) is 12.1 Å². The summed E-state index contributed by atoms with van der Waals surface area (Å²) in [5.41, 5.74) is 2.49. The molecular weight excluding hydrogens is 354 g/mol. The van der Waals surface area contributed by atoms with Crippen molar-refractivity contribution in [2.24, 2.45) is 0 Å². The first-order chi connectivity index (χ1) is 8.97. The topological polar surface area (TPSA) is 71.1 Å². The summed E-state index contributed by atoms with van der Waals surface area (Å²) in [7, 11) is -3.65. The largest absolute Gasteiger partial charge is 0.292 e. The van der Waals surface area contributed by atoms with E-state index in [2.05, 4.69) is 31.2 Å². The quantitative estimate of drug-likeness (QED) is 0.648. The van der Waals surface area contributed by atoms with Crippen LogP contribution in [0.2, 0.25) is 5.15 Å². The molecule has 2 aromatic rings. The Morgan fingerprint density at radius 2 is 1.79 bits per heavy atom. The highest BCUT2D eigenvalue weighted by Crippen LogP contribution is 2.15. The lowest BCUT2D eigenvalue weighted by molar-refractivity contribution is 0.587. The van der Waals surface area contributed by atoms with Crippen LogP contribution in [-0.2, 0) is 10.0 Å². The molecule has 0 unspecified atom stereocenters. The van der Waals surface area contributed by atoms with E-state index in [0.29, 0.717) is 5.82 Å². The van der Waals surface area contributed by atoms with Crippen molar-refractivity contribution in [3.8, 4) is 0 Å². The standard InChI is InChI=1S/C11H9BrClN3O2S/c12-8-4-6-9(7-5-8)19(17,18)16-15-11-3-1-2-10(13)14-11/h1-7,16H,(H,14,15). The maximum atomic E-state index is 12.0. The summed E-state index contributed by atoms with van der Waals surface area (Å²) in [6.07, 6.45) is 0. The first kappa shape index (κ1) is 14.3. The van der Waals surface area contributed by atoms with Crippen LogP contribution in [0.15, 0.2) is 51.8 Å². The molecule has 0 spiro atoms. The van der Waals surface area contributed by atoms with Crippen LogP contribution in [0.1, 0.15) is 0 Å². The lowest BCUT2D eigenvalue weighted by atomic mass is 10.4. The van der Waals surface area contributed by atoms with Gasteiger partial charge in [-0.05, 0) is 36.4 Å². The van der Waals surface area contributed by atoms with E-state index in [1.807, 2.05) is 0 Å². The summed E-state index contributed by atoms with van der Waals surface area (Å²) >= 11 is 8.94. The Bertz CT molecular complexity index is 677. The van der Waals surface area contributed by atoms with Crippen molar-refractivity contribution in [3.63, 3.8) is 0 Å². The number of hydrazine groups is 1. The fourth-order valence-electron chi connectivity index (χ4n) is 1.27. The number of pyridine rings is 1. The van der Waals surface area contributed by atoms with Crippen molar-refractivity contribution in [2.75, 3.05) is 5.43 Å². The zero-order chi connectivity index (χ0) is 13.9. The van der Waals surface area contributed by atoms with Crippen molar-refractivity contribution >= 4 is 43.4 Å². The van der Waals surface area contributed by atoms with Crippen molar-refractivity contribution in [1.82, 2.24) is 9.82 Å². The second kappa shape index (κ2) is 5.87. The zero-order valence-corrected chi connectivity index (χ0v) is 12.6. The van der Waals surface area contributed by atoms with E-state index in [4.69, 9.17) is 11.6 Å². The number of hydrogen-bond acceptors (Lipinski definition) is 4. The third-order valence-corrected chi connectivity index (χ3v) is 4.16. The van der Waals surface area contributed by atoms with Crippen molar-refractivity contribution < 1.29 is 8.42 Å². The monoisotopic (exact) mass is 361 g/mol. The molecule has 0 bridgehead atoms. The van der Waals surface area contributed by atoms with E-state index in [0.717, 1.165) is 4.47 Å². The van der Waals surface area contributed by atoms with Crippen LogP contribution >= 0.6 is 27.5 Å². The number of nitrogens with zero attached hydrogens (tertiary/aromatic N) is 1. The van der Waals surface area contributed by atoms with Crippen LogP contribution in [0, 0.1) is 0 Å². The Hall–Kier alpha value is -1.15. The Balaban J connectivity index is 2.12. The van der Waals surface area contributed by atoms with Gasteiger partial charge < -0.3 is 0 Å². The Morgan fingerprint density at radius 3 is 2.42 bits per heavy atom. The highest BCUT2D eigenvalue weighted by atomic mass is 79.9. The Kier molecular flexibility index (Phi) is 4.41. The van der Waals surface area contributed by atoms with Crippen LogP contribution < -0.4 is 10.3 Å². The van der Waals surface area contributed by atoms with E-state index in [-0.39, 0.29) is 10.0 Å². The molecule has 2 N–H and O–H groups in total. The van der Waals surface area contributed by atoms with Crippen LogP contribution in [0.3, 0.4) is 0 Å². The van der Waals surface area contributed by atoms with Crippen LogP contribution in [0.4, 0.5) is 5.82 Å².